The molecular weight excluding hydrogens is 210 g/mol. The summed E-state index contributed by atoms with van der Waals surface area (Å²) in [6.45, 7) is 9.96. The highest BCUT2D eigenvalue weighted by Crippen LogP contribution is 2.29. The van der Waals surface area contributed by atoms with Crippen LogP contribution in [0.3, 0.4) is 0 Å². The molecule has 1 heterocycles. The summed E-state index contributed by atoms with van der Waals surface area (Å²) in [5.74, 6) is 0.800. The van der Waals surface area contributed by atoms with Gasteiger partial charge in [-0.15, -0.1) is 0 Å². The third-order valence-corrected chi connectivity index (χ3v) is 6.06. The molecule has 1 fully saturated rings. The zero-order valence-electron chi connectivity index (χ0n) is 10.7. The molecule has 2 rings (SSSR count). The Morgan fingerprint density at radius 1 is 1.00 bits per heavy atom. The van der Waals surface area contributed by atoms with Crippen molar-refractivity contribution in [3.8, 4) is 0 Å². The summed E-state index contributed by atoms with van der Waals surface area (Å²) in [4.78, 5) is 0. The quantitative estimate of drug-likeness (QED) is 0.704. The summed E-state index contributed by atoms with van der Waals surface area (Å²) < 4.78 is 2.74. The first-order chi connectivity index (χ1) is 7.57. The minimum absolute atomic E-state index is 0.800. The Morgan fingerprint density at radius 3 is 2.06 bits per heavy atom. The van der Waals surface area contributed by atoms with Gasteiger partial charge in [-0.25, -0.2) is 0 Å². The van der Waals surface area contributed by atoms with Gasteiger partial charge in [0, 0.05) is 0 Å². The summed E-state index contributed by atoms with van der Waals surface area (Å²) in [6, 6.07) is 11.0. The van der Waals surface area contributed by atoms with Crippen molar-refractivity contribution >= 4 is 8.24 Å². The van der Waals surface area contributed by atoms with Crippen molar-refractivity contribution in [2.75, 3.05) is 13.1 Å². The second-order valence-corrected chi connectivity index (χ2v) is 10.8. The lowest BCUT2D eigenvalue weighted by Gasteiger charge is -2.40. The maximum absolute atomic E-state index is 2.74. The zero-order valence-corrected chi connectivity index (χ0v) is 11.7. The van der Waals surface area contributed by atoms with Gasteiger partial charge in [0.05, 0.1) is 0 Å². The minimum atomic E-state index is -1.05. The summed E-state index contributed by atoms with van der Waals surface area (Å²) in [7, 11) is -1.05. The predicted octanol–water partition coefficient (Wildman–Crippen LogP) is 3.70. The molecule has 0 unspecified atom stereocenters. The monoisotopic (exact) mass is 233 g/mol. The lowest BCUT2D eigenvalue weighted by molar-refractivity contribution is 0.316. The molecule has 0 aromatic heterocycles. The Labute approximate surface area is 101 Å². The Hall–Kier alpha value is -0.603. The van der Waals surface area contributed by atoms with Crippen LogP contribution < -0.4 is 0 Å². The van der Waals surface area contributed by atoms with Crippen molar-refractivity contribution in [3.05, 3.63) is 35.9 Å². The Balaban J connectivity index is 1.96. The molecule has 0 radical (unpaired) electrons. The van der Waals surface area contributed by atoms with E-state index in [-0.39, 0.29) is 0 Å². The van der Waals surface area contributed by atoms with Crippen LogP contribution in [-0.2, 0) is 0 Å². The zero-order chi connectivity index (χ0) is 11.6. The number of piperidine rings is 1. The van der Waals surface area contributed by atoms with Gasteiger partial charge >= 0.3 is 0 Å². The number of benzene rings is 1. The van der Waals surface area contributed by atoms with Gasteiger partial charge < -0.3 is 4.57 Å². The summed E-state index contributed by atoms with van der Waals surface area (Å²) >= 11 is 0. The van der Waals surface area contributed by atoms with E-state index >= 15 is 0 Å². The molecule has 2 heteroatoms. The van der Waals surface area contributed by atoms with E-state index < -0.39 is 8.24 Å². The molecule has 1 aliphatic heterocycles. The van der Waals surface area contributed by atoms with E-state index in [1.807, 2.05) is 0 Å². The highest BCUT2D eigenvalue weighted by molar-refractivity contribution is 6.73. The molecule has 0 aliphatic carbocycles. The van der Waals surface area contributed by atoms with E-state index in [1.54, 1.807) is 0 Å². The fraction of sp³-hybridized carbons (Fsp3) is 0.571. The third kappa shape index (κ3) is 2.74. The van der Waals surface area contributed by atoms with Crippen molar-refractivity contribution < 1.29 is 0 Å². The van der Waals surface area contributed by atoms with Crippen LogP contribution in [0.2, 0.25) is 19.6 Å². The van der Waals surface area contributed by atoms with Gasteiger partial charge in [0.25, 0.3) is 0 Å². The molecule has 88 valence electrons. The standard InChI is InChI=1S/C14H23NSi/c1-16(2,3)15-11-9-14(10-12-15)13-7-5-4-6-8-13/h4-8,14H,9-12H2,1-3H3. The molecule has 0 N–H and O–H groups in total. The highest BCUT2D eigenvalue weighted by atomic mass is 28.3. The topological polar surface area (TPSA) is 3.24 Å². The molecule has 0 saturated carbocycles. The van der Waals surface area contributed by atoms with Gasteiger partial charge in [0.15, 0.2) is 0 Å². The molecule has 0 bridgehead atoms. The predicted molar refractivity (Wildman–Crippen MR) is 73.3 cm³/mol. The number of hydrogen-bond donors (Lipinski definition) is 0. The Kier molecular flexibility index (Phi) is 3.50. The smallest absolute Gasteiger partial charge is 0.119 e. The van der Waals surface area contributed by atoms with E-state index in [1.165, 1.54) is 31.5 Å². The number of hydrogen-bond acceptors (Lipinski definition) is 1. The molecule has 1 aliphatic rings. The summed E-state index contributed by atoms with van der Waals surface area (Å²) in [5, 5.41) is 0. The Bertz CT molecular complexity index is 320. The van der Waals surface area contributed by atoms with Gasteiger partial charge in [-0.1, -0.05) is 50.0 Å². The van der Waals surface area contributed by atoms with E-state index in [2.05, 4.69) is 54.5 Å². The average molecular weight is 233 g/mol. The van der Waals surface area contributed by atoms with E-state index in [4.69, 9.17) is 0 Å². The van der Waals surface area contributed by atoms with Crippen molar-refractivity contribution in [3.63, 3.8) is 0 Å². The van der Waals surface area contributed by atoms with Crippen molar-refractivity contribution in [2.24, 2.45) is 0 Å². The van der Waals surface area contributed by atoms with E-state index in [9.17, 15) is 0 Å². The molecule has 1 aromatic rings. The second kappa shape index (κ2) is 4.72. The van der Waals surface area contributed by atoms with E-state index in [0.29, 0.717) is 0 Å². The van der Waals surface area contributed by atoms with Crippen molar-refractivity contribution in [1.82, 2.24) is 4.57 Å². The maximum atomic E-state index is 2.74. The van der Waals surface area contributed by atoms with Gasteiger partial charge in [-0.2, -0.15) is 0 Å². The molecule has 0 amide bonds. The lowest BCUT2D eigenvalue weighted by Crippen LogP contribution is -2.49. The SMILES string of the molecule is C[Si](C)(C)N1CCC(c2ccccc2)CC1. The van der Waals surface area contributed by atoms with Gasteiger partial charge in [-0.3, -0.25) is 0 Å². The molecular formula is C14H23NSi. The summed E-state index contributed by atoms with van der Waals surface area (Å²) in [5.41, 5.74) is 1.54. The fourth-order valence-corrected chi connectivity index (χ4v) is 4.21. The first kappa shape index (κ1) is 11.9. The highest BCUT2D eigenvalue weighted by Gasteiger charge is 2.28. The van der Waals surface area contributed by atoms with Crippen LogP contribution in [0.5, 0.6) is 0 Å². The largest absolute Gasteiger partial charge is 0.324 e. The van der Waals surface area contributed by atoms with Crippen LogP contribution in [0.1, 0.15) is 24.3 Å². The van der Waals surface area contributed by atoms with Crippen LogP contribution in [-0.4, -0.2) is 25.9 Å². The van der Waals surface area contributed by atoms with Crippen molar-refractivity contribution in [2.45, 2.75) is 38.4 Å². The van der Waals surface area contributed by atoms with Crippen molar-refractivity contribution in [1.29, 1.82) is 0 Å². The molecule has 1 nitrogen and oxygen atoms in total. The first-order valence-electron chi connectivity index (χ1n) is 6.37. The minimum Gasteiger partial charge on any atom is -0.324 e. The van der Waals surface area contributed by atoms with Crippen LogP contribution >= 0.6 is 0 Å². The maximum Gasteiger partial charge on any atom is 0.119 e. The molecule has 1 saturated heterocycles. The number of nitrogens with zero attached hydrogens (tertiary/aromatic N) is 1. The van der Waals surface area contributed by atoms with E-state index in [0.717, 1.165) is 5.92 Å². The molecule has 16 heavy (non-hydrogen) atoms. The normalized spacial score (nSPS) is 19.9. The summed E-state index contributed by atoms with van der Waals surface area (Å²) in [6.07, 6.45) is 2.68. The van der Waals surface area contributed by atoms with Crippen LogP contribution in [0, 0.1) is 0 Å². The van der Waals surface area contributed by atoms with Gasteiger partial charge in [0.2, 0.25) is 0 Å². The average Bonchev–Trinajstić information content (AvgIpc) is 2.29. The molecule has 1 aromatic carbocycles. The first-order valence-corrected chi connectivity index (χ1v) is 9.82. The third-order valence-electron chi connectivity index (χ3n) is 3.71. The van der Waals surface area contributed by atoms with Crippen LogP contribution in [0.15, 0.2) is 30.3 Å². The second-order valence-electron chi connectivity index (χ2n) is 5.84. The molecule has 0 atom stereocenters. The van der Waals surface area contributed by atoms with Crippen LogP contribution in [0.4, 0.5) is 0 Å². The number of rotatable bonds is 2. The fourth-order valence-electron chi connectivity index (χ4n) is 2.61. The van der Waals surface area contributed by atoms with Gasteiger partial charge in [0.1, 0.15) is 8.24 Å². The van der Waals surface area contributed by atoms with Gasteiger partial charge in [-0.05, 0) is 37.4 Å². The molecule has 0 spiro atoms. The lowest BCUT2D eigenvalue weighted by atomic mass is 9.90. The van der Waals surface area contributed by atoms with Crippen LogP contribution in [0.25, 0.3) is 0 Å². The Morgan fingerprint density at radius 2 is 1.56 bits per heavy atom.